The Labute approximate surface area is 118 Å². The lowest BCUT2D eigenvalue weighted by atomic mass is 10.1. The number of aromatic nitrogens is 3. The Morgan fingerprint density at radius 3 is 2.74 bits per heavy atom. The van der Waals surface area contributed by atoms with E-state index in [0.717, 1.165) is 5.69 Å². The fourth-order valence-corrected chi connectivity index (χ4v) is 2.19. The molecule has 0 aliphatic carbocycles. The van der Waals surface area contributed by atoms with Crippen LogP contribution in [-0.4, -0.2) is 20.8 Å². The zero-order valence-electron chi connectivity index (χ0n) is 10.7. The summed E-state index contributed by atoms with van der Waals surface area (Å²) in [5.41, 5.74) is 1.81. The fourth-order valence-electron chi connectivity index (χ4n) is 1.83. The highest BCUT2D eigenvalue weighted by molar-refractivity contribution is 9.10. The number of ketones is 1. The standard InChI is InChI=1S/C13H13BrFN3O/c1-3-11-13(12(19)4-2)16-17-18(11)8-5-6-10(15)9(14)7-8/h5-7H,3-4H2,1-2H3. The number of benzene rings is 1. The van der Waals surface area contributed by atoms with Crippen molar-refractivity contribution >= 4 is 21.7 Å². The second kappa shape index (κ2) is 5.61. The maximum Gasteiger partial charge on any atom is 0.184 e. The molecule has 0 fully saturated rings. The van der Waals surface area contributed by atoms with E-state index in [1.807, 2.05) is 6.92 Å². The van der Waals surface area contributed by atoms with Crippen LogP contribution in [-0.2, 0) is 6.42 Å². The van der Waals surface area contributed by atoms with Gasteiger partial charge in [0.05, 0.1) is 15.9 Å². The van der Waals surface area contributed by atoms with Crippen LogP contribution in [0.2, 0.25) is 0 Å². The summed E-state index contributed by atoms with van der Waals surface area (Å²) < 4.78 is 15.2. The molecule has 1 aromatic carbocycles. The van der Waals surface area contributed by atoms with Gasteiger partial charge in [0.25, 0.3) is 0 Å². The minimum Gasteiger partial charge on any atom is -0.292 e. The van der Waals surface area contributed by atoms with Gasteiger partial charge < -0.3 is 0 Å². The molecule has 0 N–H and O–H groups in total. The van der Waals surface area contributed by atoms with Crippen LogP contribution in [0.1, 0.15) is 36.5 Å². The monoisotopic (exact) mass is 325 g/mol. The maximum atomic E-state index is 13.2. The van der Waals surface area contributed by atoms with Crippen LogP contribution >= 0.6 is 15.9 Å². The van der Waals surface area contributed by atoms with Gasteiger partial charge in [-0.1, -0.05) is 19.1 Å². The van der Waals surface area contributed by atoms with Crippen LogP contribution < -0.4 is 0 Å². The highest BCUT2D eigenvalue weighted by Gasteiger charge is 2.18. The number of carbonyl (C=O) groups is 1. The first kappa shape index (κ1) is 13.9. The van der Waals surface area contributed by atoms with Crippen LogP contribution in [0, 0.1) is 5.82 Å². The van der Waals surface area contributed by atoms with Gasteiger partial charge >= 0.3 is 0 Å². The summed E-state index contributed by atoms with van der Waals surface area (Å²) in [5, 5.41) is 7.94. The van der Waals surface area contributed by atoms with Crippen LogP contribution in [0.15, 0.2) is 22.7 Å². The molecule has 0 saturated heterocycles. The Morgan fingerprint density at radius 1 is 1.42 bits per heavy atom. The summed E-state index contributed by atoms with van der Waals surface area (Å²) in [6, 6.07) is 4.57. The van der Waals surface area contributed by atoms with Gasteiger partial charge in [-0.2, -0.15) is 0 Å². The van der Waals surface area contributed by atoms with Crippen molar-refractivity contribution < 1.29 is 9.18 Å². The number of nitrogens with zero attached hydrogens (tertiary/aromatic N) is 3. The Bertz CT molecular complexity index is 624. The van der Waals surface area contributed by atoms with Gasteiger partial charge in [-0.05, 0) is 40.5 Å². The van der Waals surface area contributed by atoms with Gasteiger partial charge in [0.15, 0.2) is 11.5 Å². The summed E-state index contributed by atoms with van der Waals surface area (Å²) >= 11 is 3.14. The van der Waals surface area contributed by atoms with Crippen molar-refractivity contribution in [2.45, 2.75) is 26.7 Å². The lowest BCUT2D eigenvalue weighted by Crippen LogP contribution is -2.06. The molecule has 2 aromatic rings. The summed E-state index contributed by atoms with van der Waals surface area (Å²) in [6.07, 6.45) is 1.02. The summed E-state index contributed by atoms with van der Waals surface area (Å²) in [5.74, 6) is -0.379. The third-order valence-corrected chi connectivity index (χ3v) is 3.44. The third kappa shape index (κ3) is 2.58. The molecule has 0 bridgehead atoms. The molecule has 19 heavy (non-hydrogen) atoms. The van der Waals surface area contributed by atoms with Crippen LogP contribution in [0.5, 0.6) is 0 Å². The second-order valence-corrected chi connectivity index (χ2v) is 4.88. The molecule has 1 heterocycles. The van der Waals surface area contributed by atoms with Crippen molar-refractivity contribution in [2.24, 2.45) is 0 Å². The van der Waals surface area contributed by atoms with Crippen molar-refractivity contribution in [2.75, 3.05) is 0 Å². The van der Waals surface area contributed by atoms with Gasteiger partial charge in [0.1, 0.15) is 5.82 Å². The molecule has 6 heteroatoms. The van der Waals surface area contributed by atoms with Crippen LogP contribution in [0.4, 0.5) is 4.39 Å². The third-order valence-electron chi connectivity index (χ3n) is 2.83. The van der Waals surface area contributed by atoms with E-state index < -0.39 is 0 Å². The molecular formula is C13H13BrFN3O. The highest BCUT2D eigenvalue weighted by atomic mass is 79.9. The van der Waals surface area contributed by atoms with E-state index in [1.54, 1.807) is 23.7 Å². The van der Waals surface area contributed by atoms with Gasteiger partial charge in [-0.15, -0.1) is 5.10 Å². The van der Waals surface area contributed by atoms with E-state index in [-0.39, 0.29) is 11.6 Å². The van der Waals surface area contributed by atoms with E-state index in [0.29, 0.717) is 28.7 Å². The molecule has 0 radical (unpaired) electrons. The first-order chi connectivity index (χ1) is 9.08. The van der Waals surface area contributed by atoms with E-state index in [9.17, 15) is 9.18 Å². The smallest absolute Gasteiger partial charge is 0.184 e. The molecule has 0 aliphatic rings. The first-order valence-electron chi connectivity index (χ1n) is 6.01. The Hall–Kier alpha value is -1.56. The molecule has 0 spiro atoms. The molecule has 1 aromatic heterocycles. The van der Waals surface area contributed by atoms with Crippen LogP contribution in [0.3, 0.4) is 0 Å². The first-order valence-corrected chi connectivity index (χ1v) is 6.81. The molecule has 0 unspecified atom stereocenters. The topological polar surface area (TPSA) is 47.8 Å². The summed E-state index contributed by atoms with van der Waals surface area (Å²) in [6.45, 7) is 3.72. The number of carbonyl (C=O) groups excluding carboxylic acids is 1. The van der Waals surface area contributed by atoms with Crippen LogP contribution in [0.25, 0.3) is 5.69 Å². The van der Waals surface area contributed by atoms with Crippen molar-refractivity contribution in [3.63, 3.8) is 0 Å². The number of Topliss-reactive ketones (excluding diaryl/α,β-unsaturated/α-hetero) is 1. The minimum atomic E-state index is -0.341. The number of hydrogen-bond donors (Lipinski definition) is 0. The van der Waals surface area contributed by atoms with Crippen molar-refractivity contribution in [3.8, 4) is 5.69 Å². The number of hydrogen-bond acceptors (Lipinski definition) is 3. The Balaban J connectivity index is 2.53. The zero-order valence-corrected chi connectivity index (χ0v) is 12.2. The fraction of sp³-hybridized carbons (Fsp3) is 0.308. The molecule has 0 atom stereocenters. The molecule has 0 aliphatic heterocycles. The number of rotatable bonds is 4. The Morgan fingerprint density at radius 2 is 2.16 bits per heavy atom. The van der Waals surface area contributed by atoms with Gasteiger partial charge in [-0.25, -0.2) is 9.07 Å². The molecule has 0 saturated carbocycles. The second-order valence-electron chi connectivity index (χ2n) is 4.03. The van der Waals surface area contributed by atoms with Gasteiger partial charge in [0, 0.05) is 6.42 Å². The quantitative estimate of drug-likeness (QED) is 0.810. The van der Waals surface area contributed by atoms with Crippen molar-refractivity contribution in [1.29, 1.82) is 0 Å². The average Bonchev–Trinajstić information content (AvgIpc) is 2.84. The molecule has 4 nitrogen and oxygen atoms in total. The molecule has 100 valence electrons. The predicted octanol–water partition coefficient (Wildman–Crippen LogP) is 3.32. The van der Waals surface area contributed by atoms with Gasteiger partial charge in [-0.3, -0.25) is 4.79 Å². The normalized spacial score (nSPS) is 10.7. The number of halogens is 2. The molecule has 2 rings (SSSR count). The lowest BCUT2D eigenvalue weighted by molar-refractivity contribution is 0.0982. The summed E-state index contributed by atoms with van der Waals surface area (Å²) in [7, 11) is 0. The molecular weight excluding hydrogens is 313 g/mol. The Kier molecular flexibility index (Phi) is 4.09. The zero-order chi connectivity index (χ0) is 14.0. The molecule has 0 amide bonds. The minimum absolute atomic E-state index is 0.0377. The van der Waals surface area contributed by atoms with Crippen molar-refractivity contribution in [3.05, 3.63) is 39.9 Å². The van der Waals surface area contributed by atoms with E-state index in [4.69, 9.17) is 0 Å². The van der Waals surface area contributed by atoms with E-state index >= 15 is 0 Å². The maximum absolute atomic E-state index is 13.2. The summed E-state index contributed by atoms with van der Waals surface area (Å²) in [4.78, 5) is 11.8. The van der Waals surface area contributed by atoms with E-state index in [1.165, 1.54) is 6.07 Å². The van der Waals surface area contributed by atoms with E-state index in [2.05, 4.69) is 26.2 Å². The predicted molar refractivity (Wildman–Crippen MR) is 73.0 cm³/mol. The van der Waals surface area contributed by atoms with Gasteiger partial charge in [0.2, 0.25) is 0 Å². The van der Waals surface area contributed by atoms with Crippen molar-refractivity contribution in [1.82, 2.24) is 15.0 Å². The largest absolute Gasteiger partial charge is 0.292 e. The lowest BCUT2D eigenvalue weighted by Gasteiger charge is -2.06. The highest BCUT2D eigenvalue weighted by Crippen LogP contribution is 2.21. The average molecular weight is 326 g/mol. The SMILES string of the molecule is CCC(=O)c1nnn(-c2ccc(F)c(Br)c2)c1CC.